The number of halogens is 1. The van der Waals surface area contributed by atoms with Crippen LogP contribution < -0.4 is 0 Å². The minimum atomic E-state index is 0.142. The van der Waals surface area contributed by atoms with Crippen molar-refractivity contribution in [3.05, 3.63) is 78.0 Å². The summed E-state index contributed by atoms with van der Waals surface area (Å²) in [4.78, 5) is 4.85. The zero-order valence-electron chi connectivity index (χ0n) is 9.75. The van der Waals surface area contributed by atoms with E-state index in [0.717, 1.165) is 11.2 Å². The van der Waals surface area contributed by atoms with Gasteiger partial charge in [-0.3, -0.25) is 4.98 Å². The number of fused-ring (bicyclic) bond motifs is 1. The third kappa shape index (κ3) is 2.16. The maximum atomic E-state index is 4.70. The van der Waals surface area contributed by atoms with Crippen molar-refractivity contribution in [1.29, 1.82) is 0 Å². The van der Waals surface area contributed by atoms with Crippen LogP contribution in [0.2, 0.25) is 0 Å². The van der Waals surface area contributed by atoms with E-state index in [1.807, 2.05) is 36.4 Å². The van der Waals surface area contributed by atoms with Gasteiger partial charge in [-0.15, -0.1) is 0 Å². The Balaban J connectivity index is 2.04. The second-order valence-corrected chi connectivity index (χ2v) is 5.12. The Bertz CT molecular complexity index is 664. The molecular formula is C16H12BrN. The standard InChI is InChI=1S/C16H12BrN/c17-16(13-7-2-1-3-8-13)15-11-10-12-6-4-5-9-14(12)18-15/h1-11,16H. The molecule has 1 aromatic heterocycles. The van der Waals surface area contributed by atoms with Crippen LogP contribution in [-0.2, 0) is 0 Å². The molecule has 0 bridgehead atoms. The van der Waals surface area contributed by atoms with Crippen LogP contribution in [0.3, 0.4) is 0 Å². The van der Waals surface area contributed by atoms with Gasteiger partial charge in [0, 0.05) is 5.39 Å². The van der Waals surface area contributed by atoms with Gasteiger partial charge in [-0.1, -0.05) is 70.5 Å². The first-order valence-corrected chi connectivity index (χ1v) is 6.81. The van der Waals surface area contributed by atoms with E-state index in [1.165, 1.54) is 10.9 Å². The van der Waals surface area contributed by atoms with Crippen LogP contribution in [0.15, 0.2) is 66.7 Å². The van der Waals surface area contributed by atoms with E-state index in [4.69, 9.17) is 4.98 Å². The van der Waals surface area contributed by atoms with Crippen LogP contribution in [0.5, 0.6) is 0 Å². The fourth-order valence-corrected chi connectivity index (χ4v) is 2.58. The van der Waals surface area contributed by atoms with E-state index >= 15 is 0 Å². The maximum Gasteiger partial charge on any atom is 0.0817 e. The van der Waals surface area contributed by atoms with Crippen molar-refractivity contribution >= 4 is 26.8 Å². The molecule has 1 atom stereocenters. The molecule has 0 amide bonds. The van der Waals surface area contributed by atoms with Crippen molar-refractivity contribution in [2.24, 2.45) is 0 Å². The number of rotatable bonds is 2. The molecule has 1 unspecified atom stereocenters. The average Bonchev–Trinajstić information content (AvgIpc) is 2.47. The van der Waals surface area contributed by atoms with Gasteiger partial charge in [-0.05, 0) is 17.7 Å². The molecule has 18 heavy (non-hydrogen) atoms. The van der Waals surface area contributed by atoms with Crippen LogP contribution >= 0.6 is 15.9 Å². The lowest BCUT2D eigenvalue weighted by Gasteiger charge is -2.10. The van der Waals surface area contributed by atoms with Crippen molar-refractivity contribution in [3.63, 3.8) is 0 Å². The number of para-hydroxylation sites is 1. The van der Waals surface area contributed by atoms with Crippen molar-refractivity contribution in [2.75, 3.05) is 0 Å². The van der Waals surface area contributed by atoms with E-state index in [9.17, 15) is 0 Å². The van der Waals surface area contributed by atoms with Crippen LogP contribution in [0.4, 0.5) is 0 Å². The molecule has 0 aliphatic rings. The maximum absolute atomic E-state index is 4.70. The predicted molar refractivity (Wildman–Crippen MR) is 79.0 cm³/mol. The van der Waals surface area contributed by atoms with Gasteiger partial charge in [-0.2, -0.15) is 0 Å². The Kier molecular flexibility index (Phi) is 3.11. The first kappa shape index (κ1) is 11.4. The first-order chi connectivity index (χ1) is 8.84. The highest BCUT2D eigenvalue weighted by Gasteiger charge is 2.11. The van der Waals surface area contributed by atoms with Crippen LogP contribution in [0, 0.1) is 0 Å². The third-order valence-corrected chi connectivity index (χ3v) is 3.97. The molecule has 2 aromatic carbocycles. The van der Waals surface area contributed by atoms with Gasteiger partial charge in [0.05, 0.1) is 16.0 Å². The van der Waals surface area contributed by atoms with Gasteiger partial charge < -0.3 is 0 Å². The summed E-state index contributed by atoms with van der Waals surface area (Å²) in [6.07, 6.45) is 0. The van der Waals surface area contributed by atoms with E-state index < -0.39 is 0 Å². The fraction of sp³-hybridized carbons (Fsp3) is 0.0625. The summed E-state index contributed by atoms with van der Waals surface area (Å²) in [5, 5.41) is 1.18. The van der Waals surface area contributed by atoms with Gasteiger partial charge in [-0.25, -0.2) is 0 Å². The number of pyridine rings is 1. The highest BCUT2D eigenvalue weighted by molar-refractivity contribution is 9.09. The topological polar surface area (TPSA) is 12.9 Å². The predicted octanol–water partition coefficient (Wildman–Crippen LogP) is 4.72. The summed E-state index contributed by atoms with van der Waals surface area (Å²) in [6, 6.07) is 22.7. The molecule has 0 aliphatic heterocycles. The molecular weight excluding hydrogens is 286 g/mol. The molecule has 3 aromatic rings. The van der Waals surface area contributed by atoms with Crippen LogP contribution in [0.25, 0.3) is 10.9 Å². The molecule has 3 rings (SSSR count). The Hall–Kier alpha value is -1.67. The van der Waals surface area contributed by atoms with Crippen molar-refractivity contribution in [3.8, 4) is 0 Å². The lowest BCUT2D eigenvalue weighted by atomic mass is 10.1. The van der Waals surface area contributed by atoms with Crippen LogP contribution in [-0.4, -0.2) is 4.98 Å². The van der Waals surface area contributed by atoms with E-state index in [-0.39, 0.29) is 4.83 Å². The Morgan fingerprint density at radius 2 is 1.50 bits per heavy atom. The lowest BCUT2D eigenvalue weighted by molar-refractivity contribution is 1.09. The molecule has 1 heterocycles. The number of benzene rings is 2. The second-order valence-electron chi connectivity index (χ2n) is 4.20. The minimum Gasteiger partial charge on any atom is -0.251 e. The summed E-state index contributed by atoms with van der Waals surface area (Å²) in [5.41, 5.74) is 3.30. The van der Waals surface area contributed by atoms with E-state index in [1.54, 1.807) is 0 Å². The minimum absolute atomic E-state index is 0.142. The molecule has 2 heteroatoms. The average molecular weight is 298 g/mol. The zero-order valence-corrected chi connectivity index (χ0v) is 11.3. The van der Waals surface area contributed by atoms with Crippen molar-refractivity contribution in [2.45, 2.75) is 4.83 Å². The summed E-state index contributed by atoms with van der Waals surface area (Å²) < 4.78 is 0. The first-order valence-electron chi connectivity index (χ1n) is 5.89. The normalized spacial score (nSPS) is 12.5. The van der Waals surface area contributed by atoms with Crippen molar-refractivity contribution in [1.82, 2.24) is 4.98 Å². The van der Waals surface area contributed by atoms with Gasteiger partial charge in [0.2, 0.25) is 0 Å². The molecule has 88 valence electrons. The number of alkyl halides is 1. The molecule has 0 aliphatic carbocycles. The van der Waals surface area contributed by atoms with Crippen molar-refractivity contribution < 1.29 is 0 Å². The van der Waals surface area contributed by atoms with Gasteiger partial charge >= 0.3 is 0 Å². The lowest BCUT2D eigenvalue weighted by Crippen LogP contribution is -1.96. The SMILES string of the molecule is BrC(c1ccccc1)c1ccc2ccccc2n1. The Morgan fingerprint density at radius 1 is 0.778 bits per heavy atom. The van der Waals surface area contributed by atoms with E-state index in [0.29, 0.717) is 0 Å². The molecule has 0 saturated carbocycles. The Morgan fingerprint density at radius 3 is 2.33 bits per heavy atom. The van der Waals surface area contributed by atoms with Gasteiger partial charge in [0.25, 0.3) is 0 Å². The number of aromatic nitrogens is 1. The smallest absolute Gasteiger partial charge is 0.0817 e. The number of hydrogen-bond acceptors (Lipinski definition) is 1. The molecule has 0 radical (unpaired) electrons. The van der Waals surface area contributed by atoms with Gasteiger partial charge in [0.1, 0.15) is 0 Å². The Labute approximate surface area is 115 Å². The monoisotopic (exact) mass is 297 g/mol. The summed E-state index contributed by atoms with van der Waals surface area (Å²) in [5.74, 6) is 0. The zero-order chi connectivity index (χ0) is 12.4. The van der Waals surface area contributed by atoms with E-state index in [2.05, 4.69) is 46.3 Å². The molecule has 0 spiro atoms. The fourth-order valence-electron chi connectivity index (χ4n) is 2.02. The highest BCUT2D eigenvalue weighted by atomic mass is 79.9. The number of nitrogens with zero attached hydrogens (tertiary/aromatic N) is 1. The molecule has 1 nitrogen and oxygen atoms in total. The summed E-state index contributed by atoms with van der Waals surface area (Å²) in [7, 11) is 0. The largest absolute Gasteiger partial charge is 0.251 e. The summed E-state index contributed by atoms with van der Waals surface area (Å²) >= 11 is 3.72. The molecule has 0 fully saturated rings. The highest BCUT2D eigenvalue weighted by Crippen LogP contribution is 2.30. The van der Waals surface area contributed by atoms with Gasteiger partial charge in [0.15, 0.2) is 0 Å². The summed E-state index contributed by atoms with van der Waals surface area (Å²) in [6.45, 7) is 0. The third-order valence-electron chi connectivity index (χ3n) is 2.97. The van der Waals surface area contributed by atoms with Crippen LogP contribution in [0.1, 0.15) is 16.1 Å². The second kappa shape index (κ2) is 4.91. The molecule has 0 saturated heterocycles. The molecule has 0 N–H and O–H groups in total. The number of hydrogen-bond donors (Lipinski definition) is 0. The quantitative estimate of drug-likeness (QED) is 0.624.